The van der Waals surface area contributed by atoms with E-state index >= 15 is 0 Å². The molecular weight excluding hydrogens is 271 g/mol. The molecule has 82 valence electrons. The van der Waals surface area contributed by atoms with E-state index in [-0.39, 0.29) is 46.5 Å². The largest absolute Gasteiger partial charge is 4.00 e. The molecule has 2 aliphatic carbocycles. The Morgan fingerprint density at radius 1 is 0.688 bits per heavy atom. The van der Waals surface area contributed by atoms with E-state index < -0.39 is 0 Å². The molecule has 10 radical (unpaired) electrons. The third-order valence-electron chi connectivity index (χ3n) is 2.77. The fourth-order valence-electron chi connectivity index (χ4n) is 1.75. The summed E-state index contributed by atoms with van der Waals surface area (Å²) >= 11 is 0. The van der Waals surface area contributed by atoms with Gasteiger partial charge in [-0.25, -0.2) is 0 Å². The average Bonchev–Trinajstić information content (AvgIpc) is 2.78. The summed E-state index contributed by atoms with van der Waals surface area (Å²) in [6.07, 6.45) is 17.1. The fourth-order valence-corrected chi connectivity index (χ4v) is 1.75. The molecule has 0 aromatic rings. The second kappa shape index (κ2) is 8.07. The van der Waals surface area contributed by atoms with Crippen LogP contribution >= 0.6 is 0 Å². The first kappa shape index (κ1) is 19.2. The molecule has 0 unspecified atom stereocenters. The van der Waals surface area contributed by atoms with E-state index in [1.807, 2.05) is 0 Å². The molecule has 0 heterocycles. The summed E-state index contributed by atoms with van der Waals surface area (Å²) in [4.78, 5) is 0. The van der Waals surface area contributed by atoms with Crippen LogP contribution in [0.15, 0.2) is 0 Å². The molecule has 2 rings (SSSR count). The van der Waals surface area contributed by atoms with Crippen LogP contribution in [0.4, 0.5) is 0 Å². The van der Waals surface area contributed by atoms with Gasteiger partial charge in [0.15, 0.2) is 0 Å². The molecule has 0 aromatic heterocycles. The fraction of sp³-hybridized carbons (Fsp3) is 0.200. The Balaban J connectivity index is 0. The number of hydrogen-bond donors (Lipinski definition) is 0. The van der Waals surface area contributed by atoms with Gasteiger partial charge in [-0.2, -0.15) is 0 Å². The number of hydrogen-bond acceptors (Lipinski definition) is 0. The Hall–Kier alpha value is 0.883. The molecule has 16 heavy (non-hydrogen) atoms. The van der Waals surface area contributed by atoms with Crippen molar-refractivity contribution in [2.45, 2.75) is 13.8 Å². The molecule has 0 N–H and O–H groups in total. The van der Waals surface area contributed by atoms with Gasteiger partial charge < -0.3 is 14.9 Å². The van der Waals surface area contributed by atoms with Gasteiger partial charge in [-0.1, -0.05) is 13.8 Å². The molecule has 0 bridgehead atoms. The average molecular weight is 292 g/mol. The van der Waals surface area contributed by atoms with Crippen LogP contribution in [0.1, 0.15) is 13.8 Å². The summed E-state index contributed by atoms with van der Waals surface area (Å²) in [5.41, 5.74) is 0.146. The molecule has 2 saturated carbocycles. The third-order valence-corrected chi connectivity index (χ3v) is 2.77. The predicted molar refractivity (Wildman–Crippen MR) is 67.5 cm³/mol. The minimum absolute atomic E-state index is 0. The second-order valence-corrected chi connectivity index (χ2v) is 3.97. The van der Waals surface area contributed by atoms with Gasteiger partial charge in [0.25, 0.3) is 0 Å². The van der Waals surface area contributed by atoms with E-state index in [4.69, 9.17) is 0 Å². The molecular formula is C15H20Zr+2. The van der Waals surface area contributed by atoms with Crippen molar-refractivity contribution in [1.29, 1.82) is 0 Å². The van der Waals surface area contributed by atoms with Crippen molar-refractivity contribution in [3.63, 3.8) is 0 Å². The maximum absolute atomic E-state index is 2.26. The van der Waals surface area contributed by atoms with Gasteiger partial charge in [-0.3, -0.25) is 0 Å². The Labute approximate surface area is 123 Å². The van der Waals surface area contributed by atoms with Crippen molar-refractivity contribution < 1.29 is 26.2 Å². The summed E-state index contributed by atoms with van der Waals surface area (Å²) in [5, 5.41) is 0. The summed E-state index contributed by atoms with van der Waals surface area (Å²) < 4.78 is 0. The van der Waals surface area contributed by atoms with Gasteiger partial charge >= 0.3 is 26.2 Å². The topological polar surface area (TPSA) is 0 Å². The quantitative estimate of drug-likeness (QED) is 0.680. The van der Waals surface area contributed by atoms with Gasteiger partial charge in [-0.15, -0.1) is 0 Å². The monoisotopic (exact) mass is 290 g/mol. The molecule has 0 atom stereocenters. The van der Waals surface area contributed by atoms with Crippen molar-refractivity contribution in [2.75, 3.05) is 0 Å². The van der Waals surface area contributed by atoms with Gasteiger partial charge in [0.2, 0.25) is 0 Å². The zero-order valence-electron chi connectivity index (χ0n) is 10.6. The summed E-state index contributed by atoms with van der Waals surface area (Å²) in [5.74, 6) is 2.78. The van der Waals surface area contributed by atoms with Crippen molar-refractivity contribution in [3.05, 3.63) is 78.1 Å². The van der Waals surface area contributed by atoms with Crippen LogP contribution in [0.25, 0.3) is 0 Å². The first-order valence-electron chi connectivity index (χ1n) is 4.65. The summed E-state index contributed by atoms with van der Waals surface area (Å²) in [6.45, 7) is 4.52. The van der Waals surface area contributed by atoms with Crippen molar-refractivity contribution in [3.8, 4) is 0 Å². The number of rotatable bonds is 2. The molecule has 0 amide bonds. The standard InChI is InChI=1S/C13H14.2CH3.Zr/c1-13(2,11-7-3-4-8-11)12-9-5-6-10-12;;;/h3-10H,1-2H3;2*1H3;/q;2*-1;+4. The molecule has 1 heteroatoms. The first-order chi connectivity index (χ1) is 6.21. The van der Waals surface area contributed by atoms with E-state index in [0.29, 0.717) is 0 Å². The Morgan fingerprint density at radius 2 is 0.938 bits per heavy atom. The molecule has 0 saturated heterocycles. The molecule has 0 spiro atoms. The Morgan fingerprint density at radius 3 is 1.19 bits per heavy atom. The molecule has 0 aliphatic heterocycles. The molecule has 2 fully saturated rings. The molecule has 0 nitrogen and oxygen atoms in total. The Bertz CT molecular complexity index is 144. The van der Waals surface area contributed by atoms with E-state index in [9.17, 15) is 0 Å². The zero-order valence-corrected chi connectivity index (χ0v) is 13.1. The van der Waals surface area contributed by atoms with Crippen LogP contribution in [0, 0.1) is 83.5 Å². The van der Waals surface area contributed by atoms with Gasteiger partial charge in [-0.05, 0) is 68.6 Å². The van der Waals surface area contributed by atoms with E-state index in [1.54, 1.807) is 0 Å². The van der Waals surface area contributed by atoms with Crippen molar-refractivity contribution in [1.82, 2.24) is 0 Å². The zero-order chi connectivity index (χ0) is 9.31. The van der Waals surface area contributed by atoms with Crippen LogP contribution in [-0.4, -0.2) is 0 Å². The maximum atomic E-state index is 2.26. The van der Waals surface area contributed by atoms with E-state index in [2.05, 4.69) is 65.2 Å². The predicted octanol–water partition coefficient (Wildman–Crippen LogP) is 3.72. The van der Waals surface area contributed by atoms with Gasteiger partial charge in [0.05, 0.1) is 0 Å². The normalized spacial score (nSPS) is 22.1. The van der Waals surface area contributed by atoms with Crippen LogP contribution in [0.3, 0.4) is 0 Å². The van der Waals surface area contributed by atoms with E-state index in [0.717, 1.165) is 0 Å². The second-order valence-electron chi connectivity index (χ2n) is 3.97. The minimum Gasteiger partial charge on any atom is -0.358 e. The maximum Gasteiger partial charge on any atom is 4.00 e. The van der Waals surface area contributed by atoms with Gasteiger partial charge in [0, 0.05) is 0 Å². The smallest absolute Gasteiger partial charge is 0.358 e. The van der Waals surface area contributed by atoms with Crippen LogP contribution in [-0.2, 0) is 26.2 Å². The van der Waals surface area contributed by atoms with Crippen LogP contribution in [0.2, 0.25) is 0 Å². The Kier molecular flexibility index (Phi) is 9.70. The van der Waals surface area contributed by atoms with E-state index in [1.165, 1.54) is 11.8 Å². The molecule has 0 aromatic carbocycles. The van der Waals surface area contributed by atoms with Crippen LogP contribution < -0.4 is 0 Å². The van der Waals surface area contributed by atoms with Crippen molar-refractivity contribution in [2.24, 2.45) is 5.41 Å². The van der Waals surface area contributed by atoms with Crippen LogP contribution in [0.5, 0.6) is 0 Å². The first-order valence-corrected chi connectivity index (χ1v) is 4.65. The summed E-state index contributed by atoms with van der Waals surface area (Å²) in [6, 6.07) is 0. The molecule has 2 aliphatic rings. The SMILES string of the molecule is CC(C)([C]1[CH][CH][CH][CH]1)[C]1[CH][CH][CH][CH]1.[CH3-].[CH3-].[Zr+4]. The minimum atomic E-state index is 0. The van der Waals surface area contributed by atoms with Gasteiger partial charge in [0.1, 0.15) is 0 Å². The van der Waals surface area contributed by atoms with Crippen molar-refractivity contribution >= 4 is 0 Å². The third kappa shape index (κ3) is 3.97. The summed E-state index contributed by atoms with van der Waals surface area (Å²) in [7, 11) is 0.